The van der Waals surface area contributed by atoms with Gasteiger partial charge in [0.15, 0.2) is 0 Å². The predicted molar refractivity (Wildman–Crippen MR) is 119 cm³/mol. The smallest absolute Gasteiger partial charge is 0.295 e. The lowest BCUT2D eigenvalue weighted by molar-refractivity contribution is -0.140. The maximum Gasteiger partial charge on any atom is 0.295 e. The highest BCUT2D eigenvalue weighted by Gasteiger charge is 2.45. The Hall–Kier alpha value is -2.67. The monoisotopic (exact) mass is 440 g/mol. The first-order valence-corrected chi connectivity index (χ1v) is 10.8. The summed E-state index contributed by atoms with van der Waals surface area (Å²) in [5.41, 5.74) is 1.37. The number of nitrogens with zero attached hydrogens (tertiary/aromatic N) is 2. The molecule has 0 aliphatic carbocycles. The third kappa shape index (κ3) is 4.66. The van der Waals surface area contributed by atoms with Gasteiger partial charge in [0.05, 0.1) is 24.8 Å². The third-order valence-corrected chi connectivity index (χ3v) is 6.00. The zero-order valence-corrected chi connectivity index (χ0v) is 17.9. The van der Waals surface area contributed by atoms with E-state index in [0.29, 0.717) is 17.1 Å². The number of amides is 1. The number of hydrogen-bond acceptors (Lipinski definition) is 5. The Morgan fingerprint density at radius 1 is 1.00 bits per heavy atom. The van der Waals surface area contributed by atoms with Crippen LogP contribution < -0.4 is 0 Å². The summed E-state index contributed by atoms with van der Waals surface area (Å²) in [5, 5.41) is 11.5. The molecular weight excluding hydrogens is 416 g/mol. The SMILES string of the molecule is O=C1C(=O)N(CCCN2CCOCC2)C(c2ccccc2)/C1=C(\O)c1ccc(Cl)cc1. The van der Waals surface area contributed by atoms with E-state index in [9.17, 15) is 14.7 Å². The minimum atomic E-state index is -0.660. The molecule has 1 amide bonds. The molecule has 1 unspecified atom stereocenters. The van der Waals surface area contributed by atoms with Crippen molar-refractivity contribution in [3.05, 3.63) is 76.3 Å². The normalized spacial score (nSPS) is 21.6. The lowest BCUT2D eigenvalue weighted by Gasteiger charge is -2.29. The third-order valence-electron chi connectivity index (χ3n) is 5.75. The standard InChI is InChI=1S/C24H25ClN2O4/c25-19-9-7-18(8-10-19)22(28)20-21(17-5-2-1-3-6-17)27(24(30)23(20)29)12-4-11-26-13-15-31-16-14-26/h1-3,5-10,21,28H,4,11-16H2/b22-20+. The number of ketones is 1. The first kappa shape index (κ1) is 21.6. The first-order valence-electron chi connectivity index (χ1n) is 10.5. The average molecular weight is 441 g/mol. The van der Waals surface area contributed by atoms with Crippen molar-refractivity contribution in [3.63, 3.8) is 0 Å². The molecule has 1 atom stereocenters. The number of aliphatic hydroxyl groups excluding tert-OH is 1. The fraction of sp³-hybridized carbons (Fsp3) is 0.333. The molecule has 0 aromatic heterocycles. The molecule has 2 aliphatic rings. The van der Waals surface area contributed by atoms with Gasteiger partial charge in [-0.05, 0) is 36.2 Å². The molecule has 162 valence electrons. The number of likely N-dealkylation sites (tertiary alicyclic amines) is 1. The molecule has 4 rings (SSSR count). The molecule has 2 aromatic carbocycles. The Balaban J connectivity index is 1.64. The molecule has 2 aromatic rings. The number of halogens is 1. The molecule has 2 fully saturated rings. The molecule has 0 spiro atoms. The number of Topliss-reactive ketones (excluding diaryl/α,β-unsaturated/α-hetero) is 1. The molecule has 2 aliphatic heterocycles. The fourth-order valence-corrected chi connectivity index (χ4v) is 4.27. The lowest BCUT2D eigenvalue weighted by atomic mass is 9.95. The highest BCUT2D eigenvalue weighted by atomic mass is 35.5. The summed E-state index contributed by atoms with van der Waals surface area (Å²) < 4.78 is 5.38. The molecular formula is C24H25ClN2O4. The molecule has 2 heterocycles. The number of benzene rings is 2. The van der Waals surface area contributed by atoms with Crippen molar-refractivity contribution in [2.75, 3.05) is 39.4 Å². The molecule has 0 saturated carbocycles. The van der Waals surface area contributed by atoms with E-state index in [1.807, 2.05) is 30.3 Å². The Morgan fingerprint density at radius 2 is 1.68 bits per heavy atom. The maximum atomic E-state index is 13.0. The van der Waals surface area contributed by atoms with E-state index in [0.717, 1.165) is 44.8 Å². The average Bonchev–Trinajstić information content (AvgIpc) is 3.05. The fourth-order valence-electron chi connectivity index (χ4n) is 4.15. The number of ether oxygens (including phenoxy) is 1. The van der Waals surface area contributed by atoms with Gasteiger partial charge >= 0.3 is 0 Å². The zero-order chi connectivity index (χ0) is 21.8. The summed E-state index contributed by atoms with van der Waals surface area (Å²) >= 11 is 5.96. The Bertz CT molecular complexity index is 969. The van der Waals surface area contributed by atoms with Crippen molar-refractivity contribution >= 4 is 29.1 Å². The van der Waals surface area contributed by atoms with Crippen LogP contribution in [0.4, 0.5) is 0 Å². The van der Waals surface area contributed by atoms with Crippen LogP contribution in [0.15, 0.2) is 60.2 Å². The van der Waals surface area contributed by atoms with Crippen LogP contribution in [0.5, 0.6) is 0 Å². The molecule has 7 heteroatoms. The van der Waals surface area contributed by atoms with Gasteiger partial charge in [-0.1, -0.05) is 41.9 Å². The summed E-state index contributed by atoms with van der Waals surface area (Å²) in [6.07, 6.45) is 0.733. The minimum absolute atomic E-state index is 0.116. The van der Waals surface area contributed by atoms with E-state index >= 15 is 0 Å². The molecule has 31 heavy (non-hydrogen) atoms. The number of aliphatic hydroxyl groups is 1. The largest absolute Gasteiger partial charge is 0.507 e. The molecule has 0 radical (unpaired) electrons. The van der Waals surface area contributed by atoms with Crippen molar-refractivity contribution in [1.82, 2.24) is 9.80 Å². The predicted octanol–water partition coefficient (Wildman–Crippen LogP) is 3.48. The Labute approximate surface area is 186 Å². The van der Waals surface area contributed by atoms with Gasteiger partial charge in [0.25, 0.3) is 11.7 Å². The van der Waals surface area contributed by atoms with Gasteiger partial charge < -0.3 is 14.7 Å². The number of carbonyl (C=O) groups excluding carboxylic acids is 2. The van der Waals surface area contributed by atoms with Crippen LogP contribution in [0.2, 0.25) is 5.02 Å². The zero-order valence-electron chi connectivity index (χ0n) is 17.2. The van der Waals surface area contributed by atoms with Crippen LogP contribution in [0.3, 0.4) is 0 Å². The second-order valence-corrected chi connectivity index (χ2v) is 8.15. The quantitative estimate of drug-likeness (QED) is 0.423. The lowest BCUT2D eigenvalue weighted by Crippen LogP contribution is -2.38. The minimum Gasteiger partial charge on any atom is -0.507 e. The van der Waals surface area contributed by atoms with E-state index < -0.39 is 17.7 Å². The van der Waals surface area contributed by atoms with Crippen molar-refractivity contribution in [2.45, 2.75) is 12.5 Å². The van der Waals surface area contributed by atoms with Gasteiger partial charge in [-0.3, -0.25) is 14.5 Å². The highest BCUT2D eigenvalue weighted by molar-refractivity contribution is 6.46. The van der Waals surface area contributed by atoms with Crippen molar-refractivity contribution in [1.29, 1.82) is 0 Å². The van der Waals surface area contributed by atoms with Crippen LogP contribution in [0.1, 0.15) is 23.6 Å². The van der Waals surface area contributed by atoms with Gasteiger partial charge in [0.2, 0.25) is 0 Å². The van der Waals surface area contributed by atoms with Gasteiger partial charge in [-0.2, -0.15) is 0 Å². The molecule has 6 nitrogen and oxygen atoms in total. The summed E-state index contributed by atoms with van der Waals surface area (Å²) in [5.74, 6) is -1.42. The second kappa shape index (κ2) is 9.64. The van der Waals surface area contributed by atoms with E-state index in [1.54, 1.807) is 29.2 Å². The van der Waals surface area contributed by atoms with Crippen molar-refractivity contribution in [3.8, 4) is 0 Å². The van der Waals surface area contributed by atoms with E-state index in [-0.39, 0.29) is 11.3 Å². The molecule has 0 bridgehead atoms. The van der Waals surface area contributed by atoms with Crippen LogP contribution in [-0.2, 0) is 14.3 Å². The topological polar surface area (TPSA) is 70.1 Å². The highest BCUT2D eigenvalue weighted by Crippen LogP contribution is 2.39. The molecule has 1 N–H and O–H groups in total. The van der Waals surface area contributed by atoms with Crippen LogP contribution in [-0.4, -0.2) is 66.0 Å². The number of morpholine rings is 1. The van der Waals surface area contributed by atoms with Gasteiger partial charge in [0, 0.05) is 36.8 Å². The van der Waals surface area contributed by atoms with Gasteiger partial charge in [-0.25, -0.2) is 0 Å². The summed E-state index contributed by atoms with van der Waals surface area (Å²) in [7, 11) is 0. The first-order chi connectivity index (χ1) is 15.1. The number of carbonyl (C=O) groups is 2. The van der Waals surface area contributed by atoms with Crippen LogP contribution in [0, 0.1) is 0 Å². The van der Waals surface area contributed by atoms with Crippen LogP contribution in [0.25, 0.3) is 5.76 Å². The molecule has 2 saturated heterocycles. The number of hydrogen-bond donors (Lipinski definition) is 1. The van der Waals surface area contributed by atoms with Gasteiger partial charge in [0.1, 0.15) is 5.76 Å². The summed E-state index contributed by atoms with van der Waals surface area (Å²) in [6.45, 7) is 4.43. The Morgan fingerprint density at radius 3 is 2.35 bits per heavy atom. The van der Waals surface area contributed by atoms with Crippen molar-refractivity contribution in [2.24, 2.45) is 0 Å². The van der Waals surface area contributed by atoms with E-state index in [2.05, 4.69) is 4.90 Å². The second-order valence-electron chi connectivity index (χ2n) is 7.72. The van der Waals surface area contributed by atoms with E-state index in [4.69, 9.17) is 16.3 Å². The van der Waals surface area contributed by atoms with Gasteiger partial charge in [-0.15, -0.1) is 0 Å². The van der Waals surface area contributed by atoms with Crippen molar-refractivity contribution < 1.29 is 19.4 Å². The van der Waals surface area contributed by atoms with Crippen LogP contribution >= 0.6 is 11.6 Å². The summed E-state index contributed by atoms with van der Waals surface area (Å²) in [6, 6.07) is 15.3. The summed E-state index contributed by atoms with van der Waals surface area (Å²) in [4.78, 5) is 29.8. The van der Waals surface area contributed by atoms with E-state index in [1.165, 1.54) is 0 Å². The maximum absolute atomic E-state index is 13.0. The Kier molecular flexibility index (Phi) is 6.70. The number of rotatable bonds is 6.